The van der Waals surface area contributed by atoms with Gasteiger partial charge in [-0.1, -0.05) is 20.8 Å². The predicted octanol–water partition coefficient (Wildman–Crippen LogP) is 2.56. The second-order valence-electron chi connectivity index (χ2n) is 3.73. The molecule has 0 spiro atoms. The number of hydrogen-bond acceptors (Lipinski definition) is 1. The monoisotopic (exact) mass is 155 g/mol. The van der Waals surface area contributed by atoms with Crippen molar-refractivity contribution in [1.82, 2.24) is 5.32 Å². The van der Waals surface area contributed by atoms with E-state index >= 15 is 0 Å². The summed E-state index contributed by atoms with van der Waals surface area (Å²) >= 11 is 0. The maximum atomic E-state index is 3.60. The SMILES string of the molecule is CCC1NCCC1(CC)CC. The van der Waals surface area contributed by atoms with Crippen LogP contribution in [0.1, 0.15) is 46.5 Å². The smallest absolute Gasteiger partial charge is 0.0121 e. The van der Waals surface area contributed by atoms with E-state index in [0.717, 1.165) is 6.04 Å². The minimum atomic E-state index is 0.634. The van der Waals surface area contributed by atoms with Gasteiger partial charge < -0.3 is 5.32 Å². The molecule has 1 aliphatic rings. The topological polar surface area (TPSA) is 12.0 Å². The lowest BCUT2D eigenvalue weighted by atomic mass is 9.75. The first-order chi connectivity index (χ1) is 5.29. The average molecular weight is 155 g/mol. The van der Waals surface area contributed by atoms with Crippen LogP contribution >= 0.6 is 0 Å². The zero-order chi connectivity index (χ0) is 8.32. The third-order valence-electron chi connectivity index (χ3n) is 3.57. The summed E-state index contributed by atoms with van der Waals surface area (Å²) in [6.07, 6.45) is 5.37. The summed E-state index contributed by atoms with van der Waals surface area (Å²) in [5, 5.41) is 3.60. The lowest BCUT2D eigenvalue weighted by Crippen LogP contribution is -2.35. The molecule has 1 aliphatic heterocycles. The lowest BCUT2D eigenvalue weighted by molar-refractivity contribution is 0.221. The van der Waals surface area contributed by atoms with E-state index in [-0.39, 0.29) is 0 Å². The molecular weight excluding hydrogens is 134 g/mol. The molecule has 1 unspecified atom stereocenters. The van der Waals surface area contributed by atoms with Crippen molar-refractivity contribution in [2.24, 2.45) is 5.41 Å². The van der Waals surface area contributed by atoms with Crippen molar-refractivity contribution in [3.05, 3.63) is 0 Å². The maximum absolute atomic E-state index is 3.60. The van der Waals surface area contributed by atoms with Crippen LogP contribution in [0.15, 0.2) is 0 Å². The minimum Gasteiger partial charge on any atom is -0.313 e. The number of hydrogen-bond donors (Lipinski definition) is 1. The summed E-state index contributed by atoms with van der Waals surface area (Å²) in [7, 11) is 0. The molecular formula is C10H21N. The van der Waals surface area contributed by atoms with E-state index < -0.39 is 0 Å². The number of nitrogens with one attached hydrogen (secondary N) is 1. The Hall–Kier alpha value is -0.0400. The molecule has 1 fully saturated rings. The standard InChI is InChI=1S/C10H21N/c1-4-9-10(5-2,6-3)7-8-11-9/h9,11H,4-8H2,1-3H3. The van der Waals surface area contributed by atoms with Crippen LogP contribution in [0.3, 0.4) is 0 Å². The highest BCUT2D eigenvalue weighted by Crippen LogP contribution is 2.39. The molecule has 1 heterocycles. The largest absolute Gasteiger partial charge is 0.313 e. The molecule has 0 radical (unpaired) electrons. The molecule has 1 N–H and O–H groups in total. The first-order valence-corrected chi connectivity index (χ1v) is 5.02. The Kier molecular flexibility index (Phi) is 2.94. The molecule has 1 rings (SSSR count). The Bertz CT molecular complexity index is 116. The minimum absolute atomic E-state index is 0.634. The van der Waals surface area contributed by atoms with Crippen LogP contribution in [0.2, 0.25) is 0 Å². The molecule has 0 bridgehead atoms. The zero-order valence-electron chi connectivity index (χ0n) is 8.11. The van der Waals surface area contributed by atoms with E-state index in [1.807, 2.05) is 0 Å². The van der Waals surface area contributed by atoms with Gasteiger partial charge in [-0.25, -0.2) is 0 Å². The third kappa shape index (κ3) is 1.44. The van der Waals surface area contributed by atoms with E-state index in [0.29, 0.717) is 5.41 Å². The van der Waals surface area contributed by atoms with E-state index in [1.54, 1.807) is 0 Å². The highest BCUT2D eigenvalue weighted by atomic mass is 15.0. The van der Waals surface area contributed by atoms with E-state index in [4.69, 9.17) is 0 Å². The quantitative estimate of drug-likeness (QED) is 0.660. The summed E-state index contributed by atoms with van der Waals surface area (Å²) in [5.41, 5.74) is 0.634. The molecule has 0 amide bonds. The highest BCUT2D eigenvalue weighted by Gasteiger charge is 2.38. The molecule has 11 heavy (non-hydrogen) atoms. The van der Waals surface area contributed by atoms with E-state index in [1.165, 1.54) is 32.2 Å². The third-order valence-corrected chi connectivity index (χ3v) is 3.57. The van der Waals surface area contributed by atoms with Crippen molar-refractivity contribution in [2.45, 2.75) is 52.5 Å². The van der Waals surface area contributed by atoms with Gasteiger partial charge in [0, 0.05) is 6.04 Å². The van der Waals surface area contributed by atoms with Crippen LogP contribution in [0, 0.1) is 5.41 Å². The van der Waals surface area contributed by atoms with Crippen molar-refractivity contribution in [3.8, 4) is 0 Å². The van der Waals surface area contributed by atoms with Crippen molar-refractivity contribution in [3.63, 3.8) is 0 Å². The van der Waals surface area contributed by atoms with Crippen molar-refractivity contribution in [2.75, 3.05) is 6.54 Å². The fourth-order valence-electron chi connectivity index (χ4n) is 2.56. The van der Waals surface area contributed by atoms with Gasteiger partial charge in [-0.3, -0.25) is 0 Å². The molecule has 0 aliphatic carbocycles. The molecule has 0 aromatic rings. The molecule has 1 atom stereocenters. The Morgan fingerprint density at radius 1 is 1.27 bits per heavy atom. The van der Waals surface area contributed by atoms with E-state index in [9.17, 15) is 0 Å². The van der Waals surface area contributed by atoms with Crippen LogP contribution in [-0.4, -0.2) is 12.6 Å². The zero-order valence-corrected chi connectivity index (χ0v) is 8.11. The maximum Gasteiger partial charge on any atom is 0.0121 e. The molecule has 0 aromatic heterocycles. The van der Waals surface area contributed by atoms with Crippen LogP contribution in [-0.2, 0) is 0 Å². The van der Waals surface area contributed by atoms with Gasteiger partial charge >= 0.3 is 0 Å². The van der Waals surface area contributed by atoms with Crippen LogP contribution < -0.4 is 5.32 Å². The second-order valence-corrected chi connectivity index (χ2v) is 3.73. The molecule has 0 saturated carbocycles. The fraction of sp³-hybridized carbons (Fsp3) is 1.00. The first-order valence-electron chi connectivity index (χ1n) is 5.02. The van der Waals surface area contributed by atoms with Crippen molar-refractivity contribution < 1.29 is 0 Å². The van der Waals surface area contributed by atoms with Crippen LogP contribution in [0.25, 0.3) is 0 Å². The molecule has 1 heteroatoms. The fourth-order valence-corrected chi connectivity index (χ4v) is 2.56. The summed E-state index contributed by atoms with van der Waals surface area (Å²) in [4.78, 5) is 0. The number of rotatable bonds is 3. The molecule has 1 nitrogen and oxygen atoms in total. The van der Waals surface area contributed by atoms with Gasteiger partial charge in [-0.15, -0.1) is 0 Å². The Balaban J connectivity index is 2.63. The second kappa shape index (κ2) is 3.57. The Morgan fingerprint density at radius 2 is 1.91 bits per heavy atom. The van der Waals surface area contributed by atoms with Gasteiger partial charge in [0.05, 0.1) is 0 Å². The van der Waals surface area contributed by atoms with Gasteiger partial charge in [0.1, 0.15) is 0 Å². The van der Waals surface area contributed by atoms with E-state index in [2.05, 4.69) is 26.1 Å². The predicted molar refractivity (Wildman–Crippen MR) is 49.7 cm³/mol. The summed E-state index contributed by atoms with van der Waals surface area (Å²) in [5.74, 6) is 0. The van der Waals surface area contributed by atoms with Gasteiger partial charge in [0.15, 0.2) is 0 Å². The average Bonchev–Trinajstić information content (AvgIpc) is 2.47. The van der Waals surface area contributed by atoms with Gasteiger partial charge in [0.25, 0.3) is 0 Å². The van der Waals surface area contributed by atoms with Gasteiger partial charge in [-0.05, 0) is 37.6 Å². The van der Waals surface area contributed by atoms with Crippen molar-refractivity contribution in [1.29, 1.82) is 0 Å². The summed E-state index contributed by atoms with van der Waals surface area (Å²) < 4.78 is 0. The summed E-state index contributed by atoms with van der Waals surface area (Å²) in [6.45, 7) is 8.20. The molecule has 66 valence electrons. The van der Waals surface area contributed by atoms with Crippen LogP contribution in [0.4, 0.5) is 0 Å². The first kappa shape index (κ1) is 9.05. The highest BCUT2D eigenvalue weighted by molar-refractivity contribution is 4.94. The van der Waals surface area contributed by atoms with Gasteiger partial charge in [0.2, 0.25) is 0 Å². The van der Waals surface area contributed by atoms with Crippen LogP contribution in [0.5, 0.6) is 0 Å². The molecule has 0 aromatic carbocycles. The van der Waals surface area contributed by atoms with Gasteiger partial charge in [-0.2, -0.15) is 0 Å². The lowest BCUT2D eigenvalue weighted by Gasteiger charge is -2.32. The molecule has 1 saturated heterocycles. The van der Waals surface area contributed by atoms with Crippen molar-refractivity contribution >= 4 is 0 Å². The normalized spacial score (nSPS) is 29.2. The Labute approximate surface area is 70.6 Å². The Morgan fingerprint density at radius 3 is 2.27 bits per heavy atom. The summed E-state index contributed by atoms with van der Waals surface area (Å²) in [6, 6.07) is 0.789.